The Balaban J connectivity index is 0.00000481. The molecule has 1 aromatic heterocycles. The van der Waals surface area contributed by atoms with Gasteiger partial charge in [-0.3, -0.25) is 9.98 Å². The minimum Gasteiger partial charge on any atom is -1.00 e. The number of nitrogens with zero attached hydrogens (tertiary/aromatic N) is 3. The van der Waals surface area contributed by atoms with Gasteiger partial charge in [-0.1, -0.05) is 94.8 Å². The Hall–Kier alpha value is -1.97. The largest absolute Gasteiger partial charge is 2.00 e. The summed E-state index contributed by atoms with van der Waals surface area (Å²) in [6, 6.07) is 15.2. The minimum atomic E-state index is 0. The van der Waals surface area contributed by atoms with Gasteiger partial charge in [0.2, 0.25) is 0 Å². The van der Waals surface area contributed by atoms with Gasteiger partial charge in [-0.2, -0.15) is 0 Å². The molecule has 0 spiro atoms. The molecule has 0 aliphatic heterocycles. The van der Waals surface area contributed by atoms with Crippen LogP contribution in [-0.2, 0) is 42.8 Å². The number of aliphatic imine (C=N–C) groups is 2. The second-order valence-corrected chi connectivity index (χ2v) is 9.87. The van der Waals surface area contributed by atoms with Gasteiger partial charge in [-0.25, -0.2) is 4.98 Å². The average molecular weight is 608 g/mol. The molecule has 0 N–H and O–H groups in total. The third kappa shape index (κ3) is 10.8. The summed E-state index contributed by atoms with van der Waals surface area (Å²) in [5.41, 5.74) is 11.9. The zero-order valence-electron chi connectivity index (χ0n) is 24.3. The number of halogens is 2. The van der Waals surface area contributed by atoms with Crippen molar-refractivity contribution in [3.8, 4) is 0 Å². The monoisotopic (exact) mass is 607 g/mol. The maximum Gasteiger partial charge on any atom is 2.00 e. The maximum atomic E-state index is 4.97. The first-order valence-corrected chi connectivity index (χ1v) is 13.8. The maximum absolute atomic E-state index is 4.97. The zero-order valence-corrected chi connectivity index (χ0v) is 26.9. The molecule has 0 unspecified atom stereocenters. The van der Waals surface area contributed by atoms with Crippen molar-refractivity contribution in [2.24, 2.45) is 9.98 Å². The van der Waals surface area contributed by atoms with Gasteiger partial charge >= 0.3 is 17.1 Å². The van der Waals surface area contributed by atoms with E-state index in [1.807, 2.05) is 30.6 Å². The van der Waals surface area contributed by atoms with Crippen molar-refractivity contribution in [3.05, 3.63) is 87.2 Å². The fourth-order valence-electron chi connectivity index (χ4n) is 4.91. The summed E-state index contributed by atoms with van der Waals surface area (Å²) >= 11 is 0. The second kappa shape index (κ2) is 19.2. The van der Waals surface area contributed by atoms with Gasteiger partial charge in [0.05, 0.1) is 35.2 Å². The van der Waals surface area contributed by atoms with Gasteiger partial charge in [0.15, 0.2) is 0 Å². The minimum absolute atomic E-state index is 0. The number of benzene rings is 2. The fraction of sp³-hybridized carbons (Fsp3) is 0.424. The number of aryl methyl sites for hydroxylation is 6. The number of hydrogen-bond acceptors (Lipinski definition) is 3. The first kappa shape index (κ1) is 37.0. The van der Waals surface area contributed by atoms with Crippen LogP contribution < -0.4 is 24.8 Å². The van der Waals surface area contributed by atoms with Gasteiger partial charge in [0.1, 0.15) is 0 Å². The Bertz CT molecular complexity index is 1080. The number of hydrogen-bond donors (Lipinski definition) is 0. The van der Waals surface area contributed by atoms with Crippen molar-refractivity contribution in [3.63, 3.8) is 0 Å². The van der Waals surface area contributed by atoms with Crippen LogP contribution in [0, 0.1) is 13.8 Å². The normalized spacial score (nSPS) is 10.8. The van der Waals surface area contributed by atoms with Gasteiger partial charge in [0, 0.05) is 0 Å². The molecule has 0 aliphatic carbocycles. The van der Waals surface area contributed by atoms with E-state index in [1.54, 1.807) is 0 Å². The van der Waals surface area contributed by atoms with Crippen molar-refractivity contribution < 1.29 is 41.9 Å². The SMILES string of the molecule is CCCc1cc(C)cc(CCC)c1N=Cc1cccc(C=Nc2c(CCC)cc(C)cc2CCC)n1.[Cl-].[Cl-].[Fe+2]. The smallest absolute Gasteiger partial charge is 1.00 e. The van der Waals surface area contributed by atoms with Gasteiger partial charge in [-0.15, -0.1) is 0 Å². The van der Waals surface area contributed by atoms with Crippen LogP contribution in [0.1, 0.15) is 98.1 Å². The van der Waals surface area contributed by atoms with Crippen molar-refractivity contribution in [1.29, 1.82) is 0 Å². The quantitative estimate of drug-likeness (QED) is 0.230. The van der Waals surface area contributed by atoms with Crippen LogP contribution >= 0.6 is 0 Å². The van der Waals surface area contributed by atoms with E-state index in [9.17, 15) is 0 Å². The second-order valence-electron chi connectivity index (χ2n) is 9.87. The summed E-state index contributed by atoms with van der Waals surface area (Å²) in [7, 11) is 0. The predicted octanol–water partition coefficient (Wildman–Crippen LogP) is 3.02. The van der Waals surface area contributed by atoms with Crippen LogP contribution in [0.4, 0.5) is 11.4 Å². The van der Waals surface area contributed by atoms with Crippen LogP contribution in [0.5, 0.6) is 0 Å². The molecule has 0 amide bonds. The number of pyridine rings is 1. The van der Waals surface area contributed by atoms with Crippen molar-refractivity contribution in [2.75, 3.05) is 0 Å². The first-order valence-electron chi connectivity index (χ1n) is 13.8. The van der Waals surface area contributed by atoms with Crippen LogP contribution in [0.2, 0.25) is 0 Å². The Morgan fingerprint density at radius 1 is 0.590 bits per heavy atom. The summed E-state index contributed by atoms with van der Waals surface area (Å²) in [6.07, 6.45) is 12.4. The first-order chi connectivity index (χ1) is 17.5. The van der Waals surface area contributed by atoms with E-state index < -0.39 is 0 Å². The van der Waals surface area contributed by atoms with E-state index in [1.165, 1.54) is 33.4 Å². The summed E-state index contributed by atoms with van der Waals surface area (Å²) in [4.78, 5) is 14.8. The average Bonchev–Trinajstić information content (AvgIpc) is 2.84. The molecule has 212 valence electrons. The molecule has 0 atom stereocenters. The molecule has 39 heavy (non-hydrogen) atoms. The molecule has 3 rings (SSSR count). The Morgan fingerprint density at radius 2 is 0.897 bits per heavy atom. The Morgan fingerprint density at radius 3 is 1.18 bits per heavy atom. The zero-order chi connectivity index (χ0) is 25.9. The summed E-state index contributed by atoms with van der Waals surface area (Å²) in [6.45, 7) is 13.3. The van der Waals surface area contributed by atoms with E-state index in [-0.39, 0.29) is 41.9 Å². The van der Waals surface area contributed by atoms with Crippen molar-refractivity contribution in [2.45, 2.75) is 92.9 Å². The molecule has 0 radical (unpaired) electrons. The summed E-state index contributed by atoms with van der Waals surface area (Å²) in [5, 5.41) is 0. The molecule has 0 saturated carbocycles. The molecule has 6 heteroatoms. The van der Waals surface area contributed by atoms with Crippen LogP contribution in [0.25, 0.3) is 0 Å². The molecular weight excluding hydrogens is 565 g/mol. The van der Waals surface area contributed by atoms with Crippen LogP contribution in [-0.4, -0.2) is 17.4 Å². The van der Waals surface area contributed by atoms with Crippen LogP contribution in [0.15, 0.2) is 52.4 Å². The van der Waals surface area contributed by atoms with Gasteiger partial charge in [0.25, 0.3) is 0 Å². The summed E-state index contributed by atoms with van der Waals surface area (Å²) in [5.74, 6) is 0. The Labute approximate surface area is 259 Å². The molecule has 2 aromatic carbocycles. The summed E-state index contributed by atoms with van der Waals surface area (Å²) < 4.78 is 0. The van der Waals surface area contributed by atoms with E-state index in [2.05, 4.69) is 65.8 Å². The topological polar surface area (TPSA) is 37.6 Å². The van der Waals surface area contributed by atoms with Crippen molar-refractivity contribution in [1.82, 2.24) is 4.98 Å². The predicted molar refractivity (Wildman–Crippen MR) is 157 cm³/mol. The molecule has 3 aromatic rings. The number of rotatable bonds is 12. The molecule has 0 bridgehead atoms. The third-order valence-corrected chi connectivity index (χ3v) is 6.35. The van der Waals surface area contributed by atoms with E-state index >= 15 is 0 Å². The molecule has 0 fully saturated rings. The van der Waals surface area contributed by atoms with E-state index in [4.69, 9.17) is 15.0 Å². The number of aromatic nitrogens is 1. The standard InChI is InChI=1S/C33H43N3.2ClH.Fe/c1-7-12-26-18-24(5)19-27(13-8-2)32(26)34-22-30-16-11-17-31(36-30)23-35-33-28(14-9-3)20-25(6)21-29(33)15-10-4;;;/h11,16-23H,7-10,12-15H2,1-6H3;2*1H;/q;;;+2/p-2. The molecule has 0 saturated heterocycles. The molecular formula is C33H43Cl2FeN3. The molecule has 1 heterocycles. The molecule has 0 aliphatic rings. The van der Waals surface area contributed by atoms with E-state index in [0.29, 0.717) is 0 Å². The van der Waals surface area contributed by atoms with Gasteiger partial charge < -0.3 is 24.8 Å². The van der Waals surface area contributed by atoms with E-state index in [0.717, 1.165) is 74.1 Å². The molecule has 3 nitrogen and oxygen atoms in total. The Kier molecular flexibility index (Phi) is 18.2. The third-order valence-electron chi connectivity index (χ3n) is 6.35. The van der Waals surface area contributed by atoms with Crippen LogP contribution in [0.3, 0.4) is 0 Å². The van der Waals surface area contributed by atoms with Gasteiger partial charge in [-0.05, 0) is 73.9 Å². The van der Waals surface area contributed by atoms with Crippen molar-refractivity contribution >= 4 is 23.8 Å². The fourth-order valence-corrected chi connectivity index (χ4v) is 4.91.